The number of esters is 1. The van der Waals surface area contributed by atoms with Crippen LogP contribution in [0, 0.1) is 0 Å². The van der Waals surface area contributed by atoms with Gasteiger partial charge in [-0.25, -0.2) is 0 Å². The molecule has 0 aliphatic heterocycles. The van der Waals surface area contributed by atoms with Crippen molar-refractivity contribution in [1.82, 2.24) is 0 Å². The first-order valence-corrected chi connectivity index (χ1v) is 4.37. The van der Waals surface area contributed by atoms with E-state index in [2.05, 4.69) is 0 Å². The lowest BCUT2D eigenvalue weighted by atomic mass is 10.2. The Morgan fingerprint density at radius 3 is 2.45 bits per heavy atom. The molecule has 3 nitrogen and oxygen atoms in total. The van der Waals surface area contributed by atoms with Crippen molar-refractivity contribution in [3.05, 3.63) is 0 Å². The topological polar surface area (TPSA) is 43.4 Å². The smallest absolute Gasteiger partial charge is 0.323 e. The molecule has 0 saturated heterocycles. The Bertz CT molecular complexity index is 154. The van der Waals surface area contributed by atoms with Gasteiger partial charge in [0.25, 0.3) is 0 Å². The molecule has 0 aliphatic rings. The van der Waals surface area contributed by atoms with Crippen LogP contribution < -0.4 is 0 Å². The highest BCUT2D eigenvalue weighted by molar-refractivity contribution is 7.27. The van der Waals surface area contributed by atoms with Crippen LogP contribution in [0.3, 0.4) is 0 Å². The molecule has 0 atom stereocenters. The fourth-order valence-corrected chi connectivity index (χ4v) is 0.548. The third kappa shape index (κ3) is 3.47. The van der Waals surface area contributed by atoms with E-state index in [1.807, 2.05) is 6.92 Å². The maximum atomic E-state index is 11.0. The summed E-state index contributed by atoms with van der Waals surface area (Å²) in [5.41, 5.74) is 0. The Kier molecular flexibility index (Phi) is 4.27. The van der Waals surface area contributed by atoms with Gasteiger partial charge in [0.15, 0.2) is 8.46 Å². The van der Waals surface area contributed by atoms with Crippen molar-refractivity contribution in [2.45, 2.75) is 32.3 Å². The predicted octanol–water partition coefficient (Wildman–Crippen LogP) is 2.01. The highest BCUT2D eigenvalue weighted by atomic mass is 31.1. The molecule has 0 aromatic heterocycles. The van der Waals surface area contributed by atoms with Crippen molar-refractivity contribution in [3.8, 4) is 0 Å². The van der Waals surface area contributed by atoms with Crippen LogP contribution in [0.25, 0.3) is 0 Å². The Morgan fingerprint density at radius 1 is 1.55 bits per heavy atom. The van der Waals surface area contributed by atoms with E-state index in [0.717, 1.165) is 6.42 Å². The van der Waals surface area contributed by atoms with Gasteiger partial charge in [0, 0.05) is 0 Å². The molecule has 64 valence electrons. The second kappa shape index (κ2) is 4.45. The molecule has 0 aromatic carbocycles. The molecule has 0 N–H and O–H groups in total. The van der Waals surface area contributed by atoms with Gasteiger partial charge < -0.3 is 4.74 Å². The largest absolute Gasteiger partial charge is 0.465 e. The van der Waals surface area contributed by atoms with Gasteiger partial charge in [-0.3, -0.25) is 9.36 Å². The lowest BCUT2D eigenvalue weighted by Gasteiger charge is -2.13. The van der Waals surface area contributed by atoms with Crippen LogP contribution in [0.2, 0.25) is 0 Å². The number of carbonyl (C=O) groups excluding carboxylic acids is 1. The fourth-order valence-electron chi connectivity index (χ4n) is 0.409. The SMILES string of the molecule is CCCOC(=O)C(C)(C)P=O. The van der Waals surface area contributed by atoms with Crippen molar-refractivity contribution in [3.63, 3.8) is 0 Å². The van der Waals surface area contributed by atoms with Crippen molar-refractivity contribution in [2.24, 2.45) is 0 Å². The number of hydrogen-bond donors (Lipinski definition) is 0. The van der Waals surface area contributed by atoms with E-state index in [4.69, 9.17) is 4.74 Å². The molecule has 0 spiro atoms. The molecule has 0 radical (unpaired) electrons. The molecule has 0 fully saturated rings. The summed E-state index contributed by atoms with van der Waals surface area (Å²) >= 11 is 0. The zero-order chi connectivity index (χ0) is 8.91. The second-order valence-electron chi connectivity index (χ2n) is 2.79. The Balaban J connectivity index is 3.91. The average Bonchev–Trinajstić information content (AvgIpc) is 2.00. The van der Waals surface area contributed by atoms with Crippen molar-refractivity contribution >= 4 is 14.4 Å². The summed E-state index contributed by atoms with van der Waals surface area (Å²) in [7, 11) is -0.194. The summed E-state index contributed by atoms with van der Waals surface area (Å²) in [6.07, 6.45) is 0.789. The zero-order valence-corrected chi connectivity index (χ0v) is 7.98. The molecule has 0 aliphatic carbocycles. The van der Waals surface area contributed by atoms with E-state index in [1.165, 1.54) is 0 Å². The van der Waals surface area contributed by atoms with Gasteiger partial charge in [0.05, 0.1) is 6.61 Å². The Morgan fingerprint density at radius 2 is 2.09 bits per heavy atom. The molecule has 4 heteroatoms. The van der Waals surface area contributed by atoms with Gasteiger partial charge in [-0.1, -0.05) is 6.92 Å². The monoisotopic (exact) mass is 176 g/mol. The minimum Gasteiger partial charge on any atom is -0.465 e. The van der Waals surface area contributed by atoms with Gasteiger partial charge in [-0.2, -0.15) is 0 Å². The molecule has 0 amide bonds. The minimum atomic E-state index is -0.894. The van der Waals surface area contributed by atoms with Crippen molar-refractivity contribution in [1.29, 1.82) is 0 Å². The first-order chi connectivity index (χ1) is 5.04. The Labute approximate surface area is 68.3 Å². The second-order valence-corrected chi connectivity index (χ2v) is 4.09. The summed E-state index contributed by atoms with van der Waals surface area (Å²) in [4.78, 5) is 11.0. The molecule has 0 rings (SSSR count). The maximum absolute atomic E-state index is 11.0. The fraction of sp³-hybridized carbons (Fsp3) is 0.857. The van der Waals surface area contributed by atoms with Crippen LogP contribution in [0.5, 0.6) is 0 Å². The first-order valence-electron chi connectivity index (χ1n) is 3.56. The van der Waals surface area contributed by atoms with Gasteiger partial charge in [-0.15, -0.1) is 0 Å². The number of carbonyl (C=O) groups is 1. The van der Waals surface area contributed by atoms with Gasteiger partial charge in [0.2, 0.25) is 0 Å². The zero-order valence-electron chi connectivity index (χ0n) is 7.09. The lowest BCUT2D eigenvalue weighted by Crippen LogP contribution is -2.27. The molecule has 0 unspecified atom stereocenters. The van der Waals surface area contributed by atoms with Crippen LogP contribution in [-0.2, 0) is 14.1 Å². The molecule has 0 heterocycles. The van der Waals surface area contributed by atoms with Gasteiger partial charge in [0.1, 0.15) is 5.16 Å². The van der Waals surface area contributed by atoms with Gasteiger partial charge >= 0.3 is 5.97 Å². The summed E-state index contributed by atoms with van der Waals surface area (Å²) in [5, 5.41) is -0.894. The lowest BCUT2D eigenvalue weighted by molar-refractivity contribution is -0.145. The predicted molar refractivity (Wildman–Crippen MR) is 42.9 cm³/mol. The van der Waals surface area contributed by atoms with E-state index in [0.29, 0.717) is 6.61 Å². The van der Waals surface area contributed by atoms with Gasteiger partial charge in [-0.05, 0) is 20.3 Å². The highest BCUT2D eigenvalue weighted by Crippen LogP contribution is 2.22. The number of ether oxygens (including phenoxy) is 1. The van der Waals surface area contributed by atoms with E-state index in [-0.39, 0.29) is 8.46 Å². The summed E-state index contributed by atoms with van der Waals surface area (Å²) < 4.78 is 15.2. The van der Waals surface area contributed by atoms with E-state index >= 15 is 0 Å². The number of hydrogen-bond acceptors (Lipinski definition) is 3. The molecule has 11 heavy (non-hydrogen) atoms. The van der Waals surface area contributed by atoms with Crippen molar-refractivity contribution < 1.29 is 14.1 Å². The molecular weight excluding hydrogens is 163 g/mol. The van der Waals surface area contributed by atoms with E-state index in [9.17, 15) is 9.36 Å². The summed E-state index contributed by atoms with van der Waals surface area (Å²) in [5.74, 6) is -0.406. The van der Waals surface area contributed by atoms with E-state index in [1.54, 1.807) is 13.8 Å². The molecular formula is C7H13O3P. The highest BCUT2D eigenvalue weighted by Gasteiger charge is 2.29. The molecule has 0 aromatic rings. The van der Waals surface area contributed by atoms with Crippen LogP contribution in [-0.4, -0.2) is 17.7 Å². The average molecular weight is 176 g/mol. The quantitative estimate of drug-likeness (QED) is 0.486. The third-order valence-electron chi connectivity index (χ3n) is 1.17. The third-order valence-corrected chi connectivity index (χ3v) is 1.80. The number of rotatable bonds is 4. The van der Waals surface area contributed by atoms with Crippen LogP contribution in [0.15, 0.2) is 0 Å². The first kappa shape index (κ1) is 10.6. The minimum absolute atomic E-state index is 0.194. The maximum Gasteiger partial charge on any atom is 0.323 e. The molecule has 0 saturated carbocycles. The van der Waals surface area contributed by atoms with Crippen molar-refractivity contribution in [2.75, 3.05) is 6.61 Å². The summed E-state index contributed by atoms with van der Waals surface area (Å²) in [6.45, 7) is 5.48. The summed E-state index contributed by atoms with van der Waals surface area (Å²) in [6, 6.07) is 0. The standard InChI is InChI=1S/C7H13O3P/c1-4-5-10-6(8)7(2,3)11-9/h4-5H2,1-3H3. The van der Waals surface area contributed by atoms with Crippen LogP contribution in [0.4, 0.5) is 0 Å². The van der Waals surface area contributed by atoms with Crippen LogP contribution in [0.1, 0.15) is 27.2 Å². The molecule has 0 bridgehead atoms. The van der Waals surface area contributed by atoms with E-state index < -0.39 is 11.1 Å². The van der Waals surface area contributed by atoms with Crippen LogP contribution >= 0.6 is 8.46 Å². The normalized spacial score (nSPS) is 11.5. The Hall–Kier alpha value is -0.430.